The molecule has 0 bridgehead atoms. The smallest absolute Gasteiger partial charge is 0.225 e. The van der Waals surface area contributed by atoms with E-state index in [1.54, 1.807) is 18.2 Å². The van der Waals surface area contributed by atoms with Crippen LogP contribution in [-0.4, -0.2) is 133 Å². The molecule has 5 saturated heterocycles. The summed E-state index contributed by atoms with van der Waals surface area (Å²) in [5.41, 5.74) is 10.2. The van der Waals surface area contributed by atoms with Crippen LogP contribution in [0.2, 0.25) is 5.02 Å². The Morgan fingerprint density at radius 3 is 2.34 bits per heavy atom. The molecule has 7 aliphatic rings. The zero-order valence-electron chi connectivity index (χ0n) is 40.5. The monoisotopic (exact) mass is 958 g/mol. The number of ether oxygens (including phenoxy) is 2. The maximum absolute atomic E-state index is 13.7. The van der Waals surface area contributed by atoms with Crippen LogP contribution in [0, 0.1) is 39.9 Å². The summed E-state index contributed by atoms with van der Waals surface area (Å²) in [6.07, 6.45) is 3.67. The molecule has 364 valence electrons. The van der Waals surface area contributed by atoms with Gasteiger partial charge in [0.2, 0.25) is 11.8 Å². The Bertz CT molecular complexity index is 2180. The maximum atomic E-state index is 13.7. The van der Waals surface area contributed by atoms with Crippen molar-refractivity contribution in [2.24, 2.45) is 33.6 Å². The molecule has 2 aromatic rings. The molecule has 2 amide bonds. The van der Waals surface area contributed by atoms with Crippen molar-refractivity contribution in [2.45, 2.75) is 141 Å². The van der Waals surface area contributed by atoms with Gasteiger partial charge in [0.25, 0.3) is 0 Å². The Balaban J connectivity index is 0.738. The summed E-state index contributed by atoms with van der Waals surface area (Å²) < 4.78 is 13.2. The lowest BCUT2D eigenvalue weighted by Crippen LogP contribution is -2.75. The number of nitrogens with zero attached hydrogens (tertiary/aromatic N) is 5. The highest BCUT2D eigenvalue weighted by Crippen LogP contribution is 2.56. The minimum absolute atomic E-state index is 0.0262. The first-order valence-electron chi connectivity index (χ1n) is 24.7. The van der Waals surface area contributed by atoms with Gasteiger partial charge in [-0.2, -0.15) is 5.26 Å². The molecular weight excluding hydrogens is 886 g/mol. The Kier molecular flexibility index (Phi) is 14.3. The number of hydrogen-bond donors (Lipinski definition) is 6. The van der Waals surface area contributed by atoms with Crippen LogP contribution < -0.4 is 41.8 Å². The van der Waals surface area contributed by atoms with Crippen LogP contribution in [0.15, 0.2) is 47.5 Å². The van der Waals surface area contributed by atoms with Crippen molar-refractivity contribution >= 4 is 46.6 Å². The molecule has 8 atom stereocenters. The number of halogens is 1. The van der Waals surface area contributed by atoms with E-state index in [1.165, 1.54) is 5.69 Å². The van der Waals surface area contributed by atoms with Crippen LogP contribution in [0.25, 0.3) is 0 Å². The van der Waals surface area contributed by atoms with Crippen molar-refractivity contribution in [1.29, 1.82) is 5.26 Å². The molecule has 0 spiro atoms. The van der Waals surface area contributed by atoms with Gasteiger partial charge in [-0.05, 0) is 68.9 Å². The molecule has 6 fully saturated rings. The second-order valence-corrected chi connectivity index (χ2v) is 23.1. The Morgan fingerprint density at radius 2 is 1.67 bits per heavy atom. The summed E-state index contributed by atoms with van der Waals surface area (Å²) in [6, 6.07) is 16.0. The van der Waals surface area contributed by atoms with Gasteiger partial charge in [-0.25, -0.2) is 10.9 Å². The van der Waals surface area contributed by atoms with Crippen molar-refractivity contribution in [3.63, 3.8) is 0 Å². The van der Waals surface area contributed by atoms with Crippen molar-refractivity contribution in [1.82, 2.24) is 41.9 Å². The Hall–Kier alpha value is -3.50. The number of carbonyl (C=O) groups is 2. The number of rotatable bonds is 12. The van der Waals surface area contributed by atoms with Crippen LogP contribution in [-0.2, 0) is 14.3 Å². The lowest BCUT2D eigenvalue weighted by Gasteiger charge is -2.63. The normalized spacial score (nSPS) is 35.1. The summed E-state index contributed by atoms with van der Waals surface area (Å²) in [7, 11) is 0. The van der Waals surface area contributed by atoms with Gasteiger partial charge in [-0.3, -0.25) is 35.0 Å². The number of nitriles is 1. The van der Waals surface area contributed by atoms with Gasteiger partial charge in [0.15, 0.2) is 0 Å². The third-order valence-corrected chi connectivity index (χ3v) is 18.0. The summed E-state index contributed by atoms with van der Waals surface area (Å²) in [6.45, 7) is 22.9. The Morgan fingerprint density at radius 1 is 0.970 bits per heavy atom. The van der Waals surface area contributed by atoms with E-state index < -0.39 is 0 Å². The molecule has 1 saturated carbocycles. The molecule has 6 heterocycles. The van der Waals surface area contributed by atoms with Crippen LogP contribution in [0.4, 0.5) is 5.69 Å². The second kappa shape index (κ2) is 19.7. The molecule has 0 radical (unpaired) electrons. The van der Waals surface area contributed by atoms with Crippen molar-refractivity contribution in [3.8, 4) is 11.8 Å². The van der Waals surface area contributed by atoms with Gasteiger partial charge < -0.3 is 25.0 Å². The number of benzene rings is 2. The molecular formula is C50H72ClN11O4S. The van der Waals surface area contributed by atoms with Crippen LogP contribution in [0.3, 0.4) is 0 Å². The van der Waals surface area contributed by atoms with E-state index in [1.807, 2.05) is 18.7 Å². The topological polar surface area (TPSA) is 171 Å². The first-order chi connectivity index (χ1) is 32.1. The third-order valence-electron chi connectivity index (χ3n) is 16.1. The number of aliphatic imine (C=N–C) groups is 1. The number of nitrogens with one attached hydrogen (secondary N) is 6. The van der Waals surface area contributed by atoms with E-state index in [9.17, 15) is 14.9 Å². The summed E-state index contributed by atoms with van der Waals surface area (Å²) in [4.78, 5) is 39.6. The lowest BCUT2D eigenvalue weighted by atomic mass is 9.49. The van der Waals surface area contributed by atoms with E-state index >= 15 is 0 Å². The lowest BCUT2D eigenvalue weighted by molar-refractivity contribution is -0.174. The number of amides is 2. The number of anilines is 1. The van der Waals surface area contributed by atoms with Gasteiger partial charge in [-0.1, -0.05) is 65.3 Å². The summed E-state index contributed by atoms with van der Waals surface area (Å²) in [5, 5.41) is 24.0. The molecule has 15 nitrogen and oxygen atoms in total. The number of fused-ring (bicyclic) bond motifs is 3. The summed E-state index contributed by atoms with van der Waals surface area (Å²) >= 11 is 8.33. The largest absolute Gasteiger partial charge is 0.489 e. The number of likely N-dealkylation sites (tertiary alicyclic amines) is 1. The quantitative estimate of drug-likeness (QED) is 0.171. The predicted molar refractivity (Wildman–Crippen MR) is 265 cm³/mol. The molecule has 67 heavy (non-hydrogen) atoms. The number of hydrazine groups is 1. The zero-order valence-corrected chi connectivity index (χ0v) is 42.1. The highest BCUT2D eigenvalue weighted by molar-refractivity contribution is 8.00. The van der Waals surface area contributed by atoms with Gasteiger partial charge >= 0.3 is 0 Å². The summed E-state index contributed by atoms with van der Waals surface area (Å²) in [5.74, 6) is 1.21. The molecule has 9 rings (SSSR count). The number of piperidine rings is 1. The van der Waals surface area contributed by atoms with Gasteiger partial charge in [0, 0.05) is 91.3 Å². The number of hydrogen-bond acceptors (Lipinski definition) is 14. The SMILES string of the molecule is CCNC(=O)C[C@@H]1N=C(c2ccc(N3CCC(OC4CCN(C5NCC(C(=O)NC6C(C)(C)C(Oc7ccc(C#N)c(Cl)c7)C6(C)C)CN5)CC4)C3)cc2)C2C(C)C(C)SC2N2C(C)NNC12. The van der Waals surface area contributed by atoms with Gasteiger partial charge in [0.05, 0.1) is 58.9 Å². The first kappa shape index (κ1) is 48.5. The average Bonchev–Trinajstić information content (AvgIpc) is 4.00. The highest BCUT2D eigenvalue weighted by atomic mass is 35.5. The second-order valence-electron chi connectivity index (χ2n) is 21.2. The van der Waals surface area contributed by atoms with Gasteiger partial charge in [0.1, 0.15) is 24.2 Å². The van der Waals surface area contributed by atoms with E-state index in [4.69, 9.17) is 26.1 Å². The standard InChI is InChI=1S/C50H72ClN11O4S/c1-9-53-40(63)23-39-43-59-58-30(4)62(43)45-41(28(2)29(3)67-45)42(56-39)31-10-13-34(14-11-31)61-21-18-37(27-61)65-35-16-19-60(20-17-35)48-54-25-33(26-55-48)44(64)57-46-49(5,6)47(50(46,7)8)66-36-15-12-32(24-52)38(51)22-36/h10-15,22,28-30,33,35,37,39,41,43,45-48,54-55,58-59H,9,16-21,23,25-27H2,1-8H3,(H,53,63)(H,57,64)/t28?,29?,30?,33?,37?,39-,41?,43?,45?,46?,47?,48?/m0/s1. The fourth-order valence-corrected chi connectivity index (χ4v) is 14.6. The van der Waals surface area contributed by atoms with Crippen LogP contribution in [0.5, 0.6) is 5.75 Å². The molecule has 7 unspecified atom stereocenters. The van der Waals surface area contributed by atoms with Crippen molar-refractivity contribution in [3.05, 3.63) is 58.6 Å². The third kappa shape index (κ3) is 9.58. The minimum Gasteiger partial charge on any atom is -0.489 e. The van der Waals surface area contributed by atoms with Crippen molar-refractivity contribution in [2.75, 3.05) is 50.7 Å². The maximum Gasteiger partial charge on any atom is 0.225 e. The molecule has 6 N–H and O–H groups in total. The van der Waals surface area contributed by atoms with E-state index in [0.717, 1.165) is 56.7 Å². The molecule has 2 aromatic carbocycles. The van der Waals surface area contributed by atoms with Gasteiger partial charge in [-0.15, -0.1) is 11.8 Å². The number of thioether (sulfide) groups is 1. The van der Waals surface area contributed by atoms with Crippen molar-refractivity contribution < 1.29 is 19.1 Å². The highest BCUT2D eigenvalue weighted by Gasteiger charge is 2.64. The van der Waals surface area contributed by atoms with E-state index in [0.29, 0.717) is 53.6 Å². The fourth-order valence-electron chi connectivity index (χ4n) is 12.5. The van der Waals surface area contributed by atoms with E-state index in [-0.39, 0.29) is 88.9 Å². The fraction of sp³-hybridized carbons (Fsp3) is 0.680. The molecule has 1 aliphatic carbocycles. The van der Waals surface area contributed by atoms with E-state index in [2.05, 4.69) is 126 Å². The molecule has 17 heteroatoms. The van der Waals surface area contributed by atoms with Crippen LogP contribution >= 0.6 is 23.4 Å². The van der Waals surface area contributed by atoms with Crippen LogP contribution in [0.1, 0.15) is 92.2 Å². The predicted octanol–water partition coefficient (Wildman–Crippen LogP) is 4.86. The minimum atomic E-state index is -0.317. The zero-order chi connectivity index (χ0) is 47.4. The Labute approximate surface area is 406 Å². The molecule has 0 aromatic heterocycles. The average molecular weight is 959 g/mol. The number of carbonyl (C=O) groups excluding carboxylic acids is 2. The molecule has 6 aliphatic heterocycles. The first-order valence-corrected chi connectivity index (χ1v) is 26.1.